The Kier molecular flexibility index (Phi) is 4.43. The van der Waals surface area contributed by atoms with E-state index in [2.05, 4.69) is 0 Å². The highest BCUT2D eigenvalue weighted by Gasteiger charge is 2.15. The van der Waals surface area contributed by atoms with Crippen LogP contribution in [0.1, 0.15) is 18.9 Å². The molecule has 0 radical (unpaired) electrons. The molecule has 1 rings (SSSR count). The van der Waals surface area contributed by atoms with Crippen molar-refractivity contribution in [1.82, 2.24) is 0 Å². The van der Waals surface area contributed by atoms with Crippen LogP contribution in [0.15, 0.2) is 24.3 Å². The number of hydrogen-bond donors (Lipinski definition) is 2. The second-order valence-corrected chi connectivity index (χ2v) is 4.07. The van der Waals surface area contributed by atoms with Gasteiger partial charge in [-0.1, -0.05) is 19.1 Å². The molecule has 3 nitrogen and oxygen atoms in total. The third-order valence-corrected chi connectivity index (χ3v) is 2.49. The van der Waals surface area contributed by atoms with E-state index in [0.29, 0.717) is 12.8 Å². The first-order chi connectivity index (χ1) is 7.49. The molecule has 0 amide bonds. The minimum atomic E-state index is -0.838. The number of halogens is 1. The molecule has 1 aromatic rings. The molecule has 3 N–H and O–H groups in total. The zero-order valence-corrected chi connectivity index (χ0v) is 9.19. The fourth-order valence-electron chi connectivity index (χ4n) is 1.56. The van der Waals surface area contributed by atoms with Crippen molar-refractivity contribution in [2.45, 2.75) is 25.8 Å². The van der Waals surface area contributed by atoms with Gasteiger partial charge in [0, 0.05) is 6.04 Å². The molecule has 0 spiro atoms. The minimum Gasteiger partial charge on any atom is -0.481 e. The highest BCUT2D eigenvalue weighted by Crippen LogP contribution is 2.10. The summed E-state index contributed by atoms with van der Waals surface area (Å²) in [4.78, 5) is 10.6. The molecule has 0 aliphatic rings. The summed E-state index contributed by atoms with van der Waals surface area (Å²) in [7, 11) is 0. The summed E-state index contributed by atoms with van der Waals surface area (Å²) in [6.07, 6.45) is 0.991. The minimum absolute atomic E-state index is 0.212. The van der Waals surface area contributed by atoms with Crippen molar-refractivity contribution in [3.8, 4) is 0 Å². The molecule has 0 saturated heterocycles. The third-order valence-electron chi connectivity index (χ3n) is 2.49. The summed E-state index contributed by atoms with van der Waals surface area (Å²) in [6, 6.07) is 5.88. The molecule has 0 bridgehead atoms. The lowest BCUT2D eigenvalue weighted by Crippen LogP contribution is -2.28. The van der Waals surface area contributed by atoms with Gasteiger partial charge in [0.15, 0.2) is 0 Å². The van der Waals surface area contributed by atoms with E-state index in [-0.39, 0.29) is 11.9 Å². The molecule has 2 atom stereocenters. The molecule has 0 unspecified atom stereocenters. The van der Waals surface area contributed by atoms with E-state index in [1.54, 1.807) is 19.1 Å². The van der Waals surface area contributed by atoms with Crippen molar-refractivity contribution < 1.29 is 14.3 Å². The molecule has 4 heteroatoms. The van der Waals surface area contributed by atoms with Crippen LogP contribution in [-0.4, -0.2) is 17.1 Å². The van der Waals surface area contributed by atoms with Gasteiger partial charge in [-0.2, -0.15) is 0 Å². The van der Waals surface area contributed by atoms with E-state index in [1.165, 1.54) is 12.1 Å². The summed E-state index contributed by atoms with van der Waals surface area (Å²) in [6.45, 7) is 1.63. The highest BCUT2D eigenvalue weighted by atomic mass is 19.1. The number of carboxylic acids is 1. The number of carboxylic acid groups (broad SMARTS) is 1. The summed E-state index contributed by atoms with van der Waals surface area (Å²) in [5.41, 5.74) is 6.75. The summed E-state index contributed by atoms with van der Waals surface area (Å²) >= 11 is 0. The average molecular weight is 225 g/mol. The Morgan fingerprint density at radius 1 is 1.44 bits per heavy atom. The molecule has 0 aliphatic heterocycles. The van der Waals surface area contributed by atoms with Crippen LogP contribution >= 0.6 is 0 Å². The SMILES string of the molecule is C[C@@H](C[C@@H](N)Cc1ccc(F)cc1)C(=O)O. The normalized spacial score (nSPS) is 14.4. The van der Waals surface area contributed by atoms with Gasteiger partial charge >= 0.3 is 5.97 Å². The number of nitrogens with two attached hydrogens (primary N) is 1. The van der Waals surface area contributed by atoms with E-state index in [4.69, 9.17) is 10.8 Å². The lowest BCUT2D eigenvalue weighted by Gasteiger charge is -2.14. The standard InChI is InChI=1S/C12H16FNO2/c1-8(12(15)16)6-11(14)7-9-2-4-10(13)5-3-9/h2-5,8,11H,6-7,14H2,1H3,(H,15,16)/t8-,11+/m0/s1. The van der Waals surface area contributed by atoms with Crippen LogP contribution in [0.25, 0.3) is 0 Å². The van der Waals surface area contributed by atoms with E-state index >= 15 is 0 Å². The number of carbonyl (C=O) groups is 1. The average Bonchev–Trinajstić information content (AvgIpc) is 2.21. The van der Waals surface area contributed by atoms with Gasteiger partial charge in [0.25, 0.3) is 0 Å². The maximum absolute atomic E-state index is 12.6. The van der Waals surface area contributed by atoms with Gasteiger partial charge in [-0.15, -0.1) is 0 Å². The van der Waals surface area contributed by atoms with Crippen LogP contribution in [0.3, 0.4) is 0 Å². The fraction of sp³-hybridized carbons (Fsp3) is 0.417. The van der Waals surface area contributed by atoms with E-state index in [9.17, 15) is 9.18 Å². The predicted molar refractivity (Wildman–Crippen MR) is 59.5 cm³/mol. The Labute approximate surface area is 94.1 Å². The van der Waals surface area contributed by atoms with Gasteiger partial charge in [-0.05, 0) is 30.5 Å². The maximum Gasteiger partial charge on any atom is 0.306 e. The van der Waals surface area contributed by atoms with Crippen molar-refractivity contribution in [2.24, 2.45) is 11.7 Å². The zero-order valence-electron chi connectivity index (χ0n) is 9.19. The summed E-state index contributed by atoms with van der Waals surface area (Å²) in [5.74, 6) is -1.57. The Morgan fingerprint density at radius 2 is 2.00 bits per heavy atom. The van der Waals surface area contributed by atoms with Crippen molar-refractivity contribution in [1.29, 1.82) is 0 Å². The number of hydrogen-bond acceptors (Lipinski definition) is 2. The van der Waals surface area contributed by atoms with Gasteiger partial charge in [0.05, 0.1) is 5.92 Å². The molecular formula is C12H16FNO2. The van der Waals surface area contributed by atoms with Crippen LogP contribution < -0.4 is 5.73 Å². The molecule has 0 aliphatic carbocycles. The molecule has 0 saturated carbocycles. The zero-order chi connectivity index (χ0) is 12.1. The number of aliphatic carboxylic acids is 1. The Hall–Kier alpha value is -1.42. The second-order valence-electron chi connectivity index (χ2n) is 4.07. The monoisotopic (exact) mass is 225 g/mol. The maximum atomic E-state index is 12.6. The van der Waals surface area contributed by atoms with E-state index < -0.39 is 11.9 Å². The first-order valence-corrected chi connectivity index (χ1v) is 5.22. The summed E-state index contributed by atoms with van der Waals surface area (Å²) < 4.78 is 12.6. The van der Waals surface area contributed by atoms with Gasteiger partial charge in [0.2, 0.25) is 0 Å². The number of benzene rings is 1. The molecule has 0 aromatic heterocycles. The highest BCUT2D eigenvalue weighted by molar-refractivity contribution is 5.69. The molecule has 0 heterocycles. The molecule has 0 fully saturated rings. The van der Waals surface area contributed by atoms with Crippen molar-refractivity contribution >= 4 is 5.97 Å². The van der Waals surface area contributed by atoms with Gasteiger partial charge in [-0.3, -0.25) is 4.79 Å². The first kappa shape index (κ1) is 12.6. The second kappa shape index (κ2) is 5.61. The molecule has 1 aromatic carbocycles. The van der Waals surface area contributed by atoms with Crippen LogP contribution in [0.2, 0.25) is 0 Å². The van der Waals surface area contributed by atoms with Crippen LogP contribution in [0.4, 0.5) is 4.39 Å². The first-order valence-electron chi connectivity index (χ1n) is 5.22. The lowest BCUT2D eigenvalue weighted by molar-refractivity contribution is -0.141. The Bertz CT molecular complexity index is 351. The fourth-order valence-corrected chi connectivity index (χ4v) is 1.56. The van der Waals surface area contributed by atoms with Crippen molar-refractivity contribution in [3.05, 3.63) is 35.6 Å². The smallest absolute Gasteiger partial charge is 0.306 e. The van der Waals surface area contributed by atoms with Crippen molar-refractivity contribution in [2.75, 3.05) is 0 Å². The predicted octanol–water partition coefficient (Wildman–Crippen LogP) is 1.81. The van der Waals surface area contributed by atoms with Gasteiger partial charge in [0.1, 0.15) is 5.82 Å². The lowest BCUT2D eigenvalue weighted by atomic mass is 9.97. The molecule has 88 valence electrons. The largest absolute Gasteiger partial charge is 0.481 e. The van der Waals surface area contributed by atoms with E-state index in [1.807, 2.05) is 0 Å². The van der Waals surface area contributed by atoms with Gasteiger partial charge < -0.3 is 10.8 Å². The molecule has 16 heavy (non-hydrogen) atoms. The Balaban J connectivity index is 2.48. The third kappa shape index (κ3) is 3.98. The topological polar surface area (TPSA) is 63.3 Å². The quantitative estimate of drug-likeness (QED) is 0.803. The van der Waals surface area contributed by atoms with Gasteiger partial charge in [-0.25, -0.2) is 4.39 Å². The van der Waals surface area contributed by atoms with E-state index in [0.717, 1.165) is 5.56 Å². The number of rotatable bonds is 5. The van der Waals surface area contributed by atoms with Crippen LogP contribution in [-0.2, 0) is 11.2 Å². The van der Waals surface area contributed by atoms with Crippen molar-refractivity contribution in [3.63, 3.8) is 0 Å². The summed E-state index contributed by atoms with van der Waals surface area (Å²) in [5, 5.41) is 8.73. The van der Waals surface area contributed by atoms with Crippen LogP contribution in [0, 0.1) is 11.7 Å². The molecular weight excluding hydrogens is 209 g/mol. The Morgan fingerprint density at radius 3 is 2.50 bits per heavy atom. The van der Waals surface area contributed by atoms with Crippen LogP contribution in [0.5, 0.6) is 0 Å².